The smallest absolute Gasteiger partial charge is 0.260 e. The second-order valence-electron chi connectivity index (χ2n) is 7.66. The van der Waals surface area contributed by atoms with Gasteiger partial charge in [-0.1, -0.05) is 35.1 Å². The summed E-state index contributed by atoms with van der Waals surface area (Å²) < 4.78 is 1.16. The summed E-state index contributed by atoms with van der Waals surface area (Å²) in [6, 6.07) is 10.3. The molecule has 2 aromatic carbocycles. The molecule has 0 atom stereocenters. The number of thiazole rings is 1. The van der Waals surface area contributed by atoms with Crippen molar-refractivity contribution in [3.63, 3.8) is 0 Å². The van der Waals surface area contributed by atoms with Gasteiger partial charge in [0.25, 0.3) is 5.91 Å². The van der Waals surface area contributed by atoms with Crippen molar-refractivity contribution in [1.29, 1.82) is 0 Å². The van der Waals surface area contributed by atoms with Gasteiger partial charge in [0, 0.05) is 5.56 Å². The van der Waals surface area contributed by atoms with Crippen LogP contribution in [0.25, 0.3) is 10.2 Å². The van der Waals surface area contributed by atoms with E-state index in [9.17, 15) is 4.79 Å². The molecule has 27 heavy (non-hydrogen) atoms. The van der Waals surface area contributed by atoms with Crippen molar-refractivity contribution < 1.29 is 9.69 Å². The Morgan fingerprint density at radius 3 is 2.48 bits per heavy atom. The highest BCUT2D eigenvalue weighted by Crippen LogP contribution is 2.33. The highest BCUT2D eigenvalue weighted by Gasteiger charge is 2.24. The Kier molecular flexibility index (Phi) is 5.63. The Bertz CT molecular complexity index is 991. The van der Waals surface area contributed by atoms with Crippen molar-refractivity contribution in [1.82, 2.24) is 4.98 Å². The van der Waals surface area contributed by atoms with E-state index in [4.69, 9.17) is 4.98 Å². The van der Waals surface area contributed by atoms with E-state index >= 15 is 0 Å². The number of amides is 1. The van der Waals surface area contributed by atoms with Crippen LogP contribution in [-0.2, 0) is 0 Å². The molecule has 3 rings (SSSR count). The summed E-state index contributed by atoms with van der Waals surface area (Å²) >= 11 is 1.61. The molecule has 0 unspecified atom stereocenters. The first-order chi connectivity index (χ1) is 12.8. The molecular formula is C22H28N3OS+. The molecule has 0 spiro atoms. The Morgan fingerprint density at radius 2 is 1.78 bits per heavy atom. The summed E-state index contributed by atoms with van der Waals surface area (Å²) in [5.74, 6) is 0.0332. The fourth-order valence-electron chi connectivity index (χ4n) is 3.21. The number of carbonyl (C=O) groups is 1. The van der Waals surface area contributed by atoms with Crippen molar-refractivity contribution in [2.75, 3.05) is 32.1 Å². The van der Waals surface area contributed by atoms with Gasteiger partial charge in [0.1, 0.15) is 0 Å². The van der Waals surface area contributed by atoms with Crippen LogP contribution >= 0.6 is 11.3 Å². The molecule has 0 bridgehead atoms. The number of fused-ring (bicyclic) bond motifs is 1. The maximum Gasteiger partial charge on any atom is 0.260 e. The lowest BCUT2D eigenvalue weighted by Gasteiger charge is -2.21. The van der Waals surface area contributed by atoms with Gasteiger partial charge in [-0.05, 0) is 56.5 Å². The van der Waals surface area contributed by atoms with E-state index in [1.54, 1.807) is 11.3 Å². The van der Waals surface area contributed by atoms with Crippen LogP contribution in [0.5, 0.6) is 0 Å². The monoisotopic (exact) mass is 382 g/mol. The van der Waals surface area contributed by atoms with Crippen LogP contribution in [0, 0.1) is 27.7 Å². The number of quaternary nitrogens is 1. The number of benzene rings is 2. The summed E-state index contributed by atoms with van der Waals surface area (Å²) in [7, 11) is 4.21. The number of anilines is 1. The van der Waals surface area contributed by atoms with E-state index < -0.39 is 0 Å². The third-order valence-electron chi connectivity index (χ3n) is 4.74. The van der Waals surface area contributed by atoms with Gasteiger partial charge in [0.2, 0.25) is 0 Å². The van der Waals surface area contributed by atoms with E-state index in [-0.39, 0.29) is 5.91 Å². The molecule has 0 aliphatic carbocycles. The SMILES string of the molecule is Cc1ccc(C)c(C(=O)N(CC[NH+](C)C)c2nc3cc(C)cc(C)c3s2)c1. The van der Waals surface area contributed by atoms with Gasteiger partial charge >= 0.3 is 0 Å². The minimum Gasteiger partial charge on any atom is -0.338 e. The molecule has 0 saturated heterocycles. The molecule has 1 amide bonds. The summed E-state index contributed by atoms with van der Waals surface area (Å²) in [6.45, 7) is 9.72. The third-order valence-corrected chi connectivity index (χ3v) is 5.97. The highest BCUT2D eigenvalue weighted by molar-refractivity contribution is 7.22. The Hall–Kier alpha value is -2.24. The number of likely N-dealkylation sites (N-methyl/N-ethyl adjacent to an activating group) is 1. The topological polar surface area (TPSA) is 37.6 Å². The predicted molar refractivity (Wildman–Crippen MR) is 114 cm³/mol. The van der Waals surface area contributed by atoms with Crippen LogP contribution in [-0.4, -0.2) is 38.1 Å². The van der Waals surface area contributed by atoms with E-state index in [2.05, 4.69) is 40.1 Å². The minimum atomic E-state index is 0.0332. The van der Waals surface area contributed by atoms with Gasteiger partial charge < -0.3 is 4.90 Å². The molecule has 0 fully saturated rings. The lowest BCUT2D eigenvalue weighted by atomic mass is 10.0. The van der Waals surface area contributed by atoms with Crippen LogP contribution in [0.15, 0.2) is 30.3 Å². The number of nitrogens with zero attached hydrogens (tertiary/aromatic N) is 2. The zero-order valence-corrected chi connectivity index (χ0v) is 17.8. The third kappa shape index (κ3) is 4.20. The van der Waals surface area contributed by atoms with Crippen LogP contribution in [0.4, 0.5) is 5.13 Å². The van der Waals surface area contributed by atoms with E-state index in [1.165, 1.54) is 16.0 Å². The molecule has 1 N–H and O–H groups in total. The second-order valence-corrected chi connectivity index (χ2v) is 8.64. The zero-order chi connectivity index (χ0) is 19.7. The number of nitrogens with one attached hydrogen (secondary N) is 1. The molecule has 3 aromatic rings. The number of aromatic nitrogens is 1. The van der Waals surface area contributed by atoms with Gasteiger partial charge in [0.15, 0.2) is 5.13 Å². The number of hydrogen-bond donors (Lipinski definition) is 1. The quantitative estimate of drug-likeness (QED) is 0.735. The first-order valence-corrected chi connectivity index (χ1v) is 10.1. The molecule has 142 valence electrons. The van der Waals surface area contributed by atoms with Gasteiger partial charge in [-0.25, -0.2) is 4.98 Å². The van der Waals surface area contributed by atoms with Gasteiger partial charge in [-0.15, -0.1) is 0 Å². The fourth-order valence-corrected chi connectivity index (χ4v) is 4.25. The first kappa shape index (κ1) is 19.5. The first-order valence-electron chi connectivity index (χ1n) is 9.32. The standard InChI is InChI=1S/C22H27N3OS/c1-14-7-8-16(3)18(12-14)21(26)25(10-9-24(5)6)22-23-19-13-15(2)11-17(4)20(19)27-22/h7-8,11-13H,9-10H2,1-6H3/p+1. The van der Waals surface area contributed by atoms with Crippen molar-refractivity contribution in [2.45, 2.75) is 27.7 Å². The summed E-state index contributed by atoms with van der Waals surface area (Å²) in [5.41, 5.74) is 6.24. The molecule has 0 radical (unpaired) electrons. The molecular weight excluding hydrogens is 354 g/mol. The van der Waals surface area contributed by atoms with Crippen LogP contribution in [0.1, 0.15) is 32.6 Å². The van der Waals surface area contributed by atoms with Crippen molar-refractivity contribution in [3.8, 4) is 0 Å². The Morgan fingerprint density at radius 1 is 1.04 bits per heavy atom. The number of hydrogen-bond acceptors (Lipinski definition) is 3. The van der Waals surface area contributed by atoms with Gasteiger partial charge in [-0.3, -0.25) is 9.69 Å². The summed E-state index contributed by atoms with van der Waals surface area (Å²) in [6.07, 6.45) is 0. The van der Waals surface area contributed by atoms with E-state index in [0.717, 1.165) is 38.6 Å². The van der Waals surface area contributed by atoms with Crippen molar-refractivity contribution in [2.24, 2.45) is 0 Å². The van der Waals surface area contributed by atoms with Gasteiger partial charge in [-0.2, -0.15) is 0 Å². The molecule has 5 heteroatoms. The fraction of sp³-hybridized carbons (Fsp3) is 0.364. The van der Waals surface area contributed by atoms with Crippen LogP contribution in [0.2, 0.25) is 0 Å². The Balaban J connectivity index is 2.07. The molecule has 1 heterocycles. The molecule has 0 aliphatic heterocycles. The minimum absolute atomic E-state index is 0.0332. The van der Waals surface area contributed by atoms with E-state index in [1.807, 2.05) is 36.9 Å². The lowest BCUT2D eigenvalue weighted by Crippen LogP contribution is -3.06. The largest absolute Gasteiger partial charge is 0.338 e. The zero-order valence-electron chi connectivity index (χ0n) is 17.0. The summed E-state index contributed by atoms with van der Waals surface area (Å²) in [5, 5.41) is 0.783. The van der Waals surface area contributed by atoms with Crippen molar-refractivity contribution >= 4 is 32.6 Å². The maximum atomic E-state index is 13.4. The normalized spacial score (nSPS) is 11.4. The number of aryl methyl sites for hydroxylation is 4. The molecule has 1 aromatic heterocycles. The maximum absolute atomic E-state index is 13.4. The molecule has 0 saturated carbocycles. The Labute approximate surface area is 165 Å². The second kappa shape index (κ2) is 7.79. The molecule has 0 aliphatic rings. The lowest BCUT2D eigenvalue weighted by molar-refractivity contribution is -0.856. The highest BCUT2D eigenvalue weighted by atomic mass is 32.1. The average Bonchev–Trinajstić information content (AvgIpc) is 3.00. The van der Waals surface area contributed by atoms with Crippen LogP contribution in [0.3, 0.4) is 0 Å². The number of carbonyl (C=O) groups excluding carboxylic acids is 1. The average molecular weight is 383 g/mol. The van der Waals surface area contributed by atoms with Crippen molar-refractivity contribution in [3.05, 3.63) is 58.1 Å². The predicted octanol–water partition coefficient (Wildman–Crippen LogP) is 3.32. The number of rotatable bonds is 5. The summed E-state index contributed by atoms with van der Waals surface area (Å²) in [4.78, 5) is 21.4. The van der Waals surface area contributed by atoms with Crippen LogP contribution < -0.4 is 9.80 Å². The molecule has 4 nitrogen and oxygen atoms in total. The van der Waals surface area contributed by atoms with E-state index in [0.29, 0.717) is 6.54 Å². The van der Waals surface area contributed by atoms with Gasteiger partial charge in [0.05, 0.1) is 37.4 Å².